The maximum absolute atomic E-state index is 11.7. The van der Waals surface area contributed by atoms with Gasteiger partial charge in [0.15, 0.2) is 16.7 Å². The number of hydrogen-bond acceptors (Lipinski definition) is 9. The highest BCUT2D eigenvalue weighted by atomic mass is 32.2. The molecule has 2 saturated heterocycles. The molecule has 0 saturated carbocycles. The van der Waals surface area contributed by atoms with E-state index in [1.807, 2.05) is 6.07 Å². The number of amidine groups is 1. The lowest BCUT2D eigenvalue weighted by Crippen LogP contribution is -2.38. The second-order valence-corrected chi connectivity index (χ2v) is 7.75. The largest absolute Gasteiger partial charge is 0.493 e. The molecule has 11 heteroatoms. The van der Waals surface area contributed by atoms with Crippen LogP contribution in [0.25, 0.3) is 0 Å². The molecule has 2 N–H and O–H groups in total. The van der Waals surface area contributed by atoms with E-state index in [2.05, 4.69) is 20.4 Å². The summed E-state index contributed by atoms with van der Waals surface area (Å²) in [6.07, 6.45) is 1.27. The molecular formula is C19H24N4O6S. The number of hydrogen-bond donors (Lipinski definition) is 2. The summed E-state index contributed by atoms with van der Waals surface area (Å²) in [6, 6.07) is 5.40. The van der Waals surface area contributed by atoms with Crippen molar-refractivity contribution in [1.29, 1.82) is 0 Å². The van der Waals surface area contributed by atoms with Gasteiger partial charge >= 0.3 is 5.97 Å². The van der Waals surface area contributed by atoms with Crippen molar-refractivity contribution in [1.82, 2.24) is 10.2 Å². The van der Waals surface area contributed by atoms with Gasteiger partial charge < -0.3 is 24.6 Å². The average Bonchev–Trinajstić information content (AvgIpc) is 3.07. The summed E-state index contributed by atoms with van der Waals surface area (Å²) in [6.45, 7) is 4.60. The Balaban J connectivity index is 1.57. The van der Waals surface area contributed by atoms with E-state index < -0.39 is 11.2 Å². The zero-order valence-corrected chi connectivity index (χ0v) is 17.4. The Morgan fingerprint density at radius 1 is 1.40 bits per heavy atom. The lowest BCUT2D eigenvalue weighted by Gasteiger charge is -2.26. The molecule has 2 aliphatic rings. The van der Waals surface area contributed by atoms with E-state index in [1.165, 1.54) is 6.21 Å². The minimum atomic E-state index is -1.04. The van der Waals surface area contributed by atoms with Crippen LogP contribution in [-0.2, 0) is 14.3 Å². The first-order valence-electron chi connectivity index (χ1n) is 9.46. The molecule has 162 valence electrons. The van der Waals surface area contributed by atoms with Gasteiger partial charge in [0.05, 0.1) is 33.0 Å². The number of carbonyl (C=O) groups is 2. The molecule has 1 unspecified atom stereocenters. The minimum absolute atomic E-state index is 0.261. The molecule has 10 nitrogen and oxygen atoms in total. The molecule has 1 aromatic carbocycles. The number of carbonyl (C=O) groups excluding carboxylic acids is 1. The molecule has 30 heavy (non-hydrogen) atoms. The average molecular weight is 436 g/mol. The van der Waals surface area contributed by atoms with Gasteiger partial charge in [0.1, 0.15) is 11.9 Å². The molecule has 0 aromatic heterocycles. The molecule has 0 radical (unpaired) electrons. The number of carboxylic acid groups (broad SMARTS) is 1. The second kappa shape index (κ2) is 11.0. The van der Waals surface area contributed by atoms with E-state index in [0.29, 0.717) is 18.1 Å². The van der Waals surface area contributed by atoms with Crippen LogP contribution >= 0.6 is 11.8 Å². The van der Waals surface area contributed by atoms with Crippen molar-refractivity contribution in [2.75, 3.05) is 46.6 Å². The molecule has 0 aliphatic carbocycles. The van der Waals surface area contributed by atoms with Gasteiger partial charge in [-0.3, -0.25) is 14.5 Å². The van der Waals surface area contributed by atoms with Gasteiger partial charge in [0.25, 0.3) is 0 Å². The third-order valence-corrected chi connectivity index (χ3v) is 5.52. The third-order valence-electron chi connectivity index (χ3n) is 4.45. The second-order valence-electron chi connectivity index (χ2n) is 6.56. The van der Waals surface area contributed by atoms with Gasteiger partial charge in [-0.15, -0.1) is 5.10 Å². The van der Waals surface area contributed by atoms with Crippen molar-refractivity contribution < 1.29 is 28.9 Å². The number of methoxy groups -OCH3 is 1. The maximum atomic E-state index is 11.7. The SMILES string of the molecule is COc1ccc(C=NN=C2NC(=O)C(CC(=O)O)S2)cc1OCCN1CCOCC1. The summed E-state index contributed by atoms with van der Waals surface area (Å²) in [5, 5.41) is 18.9. The van der Waals surface area contributed by atoms with Crippen LogP contribution in [0.3, 0.4) is 0 Å². The number of morpholine rings is 1. The first-order valence-corrected chi connectivity index (χ1v) is 10.3. The highest BCUT2D eigenvalue weighted by molar-refractivity contribution is 8.15. The van der Waals surface area contributed by atoms with Crippen molar-refractivity contribution in [3.05, 3.63) is 23.8 Å². The zero-order chi connectivity index (χ0) is 21.3. The Kier molecular flexibility index (Phi) is 8.05. The highest BCUT2D eigenvalue weighted by Gasteiger charge is 2.32. The summed E-state index contributed by atoms with van der Waals surface area (Å²) in [5.41, 5.74) is 0.748. The van der Waals surface area contributed by atoms with Gasteiger partial charge in [-0.25, -0.2) is 0 Å². The fraction of sp³-hybridized carbons (Fsp3) is 0.474. The van der Waals surface area contributed by atoms with E-state index >= 15 is 0 Å². The predicted octanol–water partition coefficient (Wildman–Crippen LogP) is 0.802. The van der Waals surface area contributed by atoms with E-state index in [9.17, 15) is 9.59 Å². The summed E-state index contributed by atoms with van der Waals surface area (Å²) >= 11 is 1.05. The topological polar surface area (TPSA) is 122 Å². The van der Waals surface area contributed by atoms with Crippen LogP contribution in [-0.4, -0.2) is 85.1 Å². The third kappa shape index (κ3) is 6.44. The van der Waals surface area contributed by atoms with Crippen molar-refractivity contribution in [3.8, 4) is 11.5 Å². The van der Waals surface area contributed by atoms with Crippen LogP contribution in [0.1, 0.15) is 12.0 Å². The molecule has 3 rings (SSSR count). The number of aliphatic carboxylic acids is 1. The predicted molar refractivity (Wildman–Crippen MR) is 113 cm³/mol. The number of thioether (sulfide) groups is 1. The minimum Gasteiger partial charge on any atom is -0.493 e. The van der Waals surface area contributed by atoms with E-state index in [-0.39, 0.29) is 17.5 Å². The molecule has 2 aliphatic heterocycles. The molecule has 1 atom stereocenters. The summed E-state index contributed by atoms with van der Waals surface area (Å²) in [4.78, 5) is 24.8. The highest BCUT2D eigenvalue weighted by Crippen LogP contribution is 2.27. The number of benzene rings is 1. The number of nitrogens with one attached hydrogen (secondary N) is 1. The van der Waals surface area contributed by atoms with Crippen molar-refractivity contribution in [2.24, 2.45) is 10.2 Å². The van der Waals surface area contributed by atoms with Crippen LogP contribution in [0.5, 0.6) is 11.5 Å². The maximum Gasteiger partial charge on any atom is 0.305 e. The number of rotatable bonds is 9. The van der Waals surface area contributed by atoms with Crippen molar-refractivity contribution >= 4 is 35.0 Å². The number of amides is 1. The van der Waals surface area contributed by atoms with Gasteiger partial charge in [-0.05, 0) is 23.8 Å². The van der Waals surface area contributed by atoms with Crippen LogP contribution in [0.4, 0.5) is 0 Å². The fourth-order valence-electron chi connectivity index (χ4n) is 2.89. The lowest BCUT2D eigenvalue weighted by molar-refractivity contribution is -0.138. The summed E-state index contributed by atoms with van der Waals surface area (Å²) in [5.74, 6) is -0.188. The van der Waals surface area contributed by atoms with Gasteiger partial charge in [0, 0.05) is 19.6 Å². The fourth-order valence-corrected chi connectivity index (χ4v) is 3.80. The van der Waals surface area contributed by atoms with Crippen LogP contribution in [0.2, 0.25) is 0 Å². The Morgan fingerprint density at radius 3 is 2.93 bits per heavy atom. The monoisotopic (exact) mass is 436 g/mol. The number of ether oxygens (including phenoxy) is 3. The Labute approximate surface area is 178 Å². The molecule has 0 spiro atoms. The molecular weight excluding hydrogens is 412 g/mol. The first-order chi connectivity index (χ1) is 14.5. The molecule has 2 fully saturated rings. The normalized spacial score (nSPS) is 21.2. The van der Waals surface area contributed by atoms with Crippen molar-refractivity contribution in [3.63, 3.8) is 0 Å². The Hall–Kier alpha value is -2.63. The quantitative estimate of drug-likeness (QED) is 0.431. The zero-order valence-electron chi connectivity index (χ0n) is 16.6. The van der Waals surface area contributed by atoms with Crippen LogP contribution in [0, 0.1) is 0 Å². The van der Waals surface area contributed by atoms with E-state index in [0.717, 1.165) is 50.2 Å². The van der Waals surface area contributed by atoms with Crippen LogP contribution < -0.4 is 14.8 Å². The molecule has 0 bridgehead atoms. The van der Waals surface area contributed by atoms with Gasteiger partial charge in [-0.2, -0.15) is 5.10 Å². The first kappa shape index (κ1) is 22.1. The Morgan fingerprint density at radius 2 is 2.20 bits per heavy atom. The lowest BCUT2D eigenvalue weighted by atomic mass is 10.2. The number of nitrogens with zero attached hydrogens (tertiary/aromatic N) is 3. The standard InChI is InChI=1S/C19H24N4O6S/c1-27-14-3-2-13(10-15(14)29-9-6-23-4-7-28-8-5-23)12-20-22-19-21-18(26)16(30-19)11-17(24)25/h2-3,10,12,16H,4-9,11H2,1H3,(H,24,25)(H,21,22,26). The van der Waals surface area contributed by atoms with Gasteiger partial charge in [-0.1, -0.05) is 11.8 Å². The van der Waals surface area contributed by atoms with Crippen molar-refractivity contribution in [2.45, 2.75) is 11.7 Å². The molecule has 1 aromatic rings. The smallest absolute Gasteiger partial charge is 0.305 e. The summed E-state index contributed by atoms with van der Waals surface area (Å²) < 4.78 is 16.6. The Bertz CT molecular complexity index is 825. The summed E-state index contributed by atoms with van der Waals surface area (Å²) in [7, 11) is 1.58. The molecule has 2 heterocycles. The van der Waals surface area contributed by atoms with Crippen LogP contribution in [0.15, 0.2) is 28.4 Å². The number of carboxylic acids is 1. The van der Waals surface area contributed by atoms with E-state index in [4.69, 9.17) is 19.3 Å². The molecule has 1 amide bonds. The van der Waals surface area contributed by atoms with Gasteiger partial charge in [0.2, 0.25) is 5.91 Å². The van der Waals surface area contributed by atoms with E-state index in [1.54, 1.807) is 19.2 Å².